The first kappa shape index (κ1) is 34.0. The van der Waals surface area contributed by atoms with E-state index in [1.54, 1.807) is 0 Å². The van der Waals surface area contributed by atoms with E-state index in [2.05, 4.69) is 68.4 Å². The molecule has 0 radical (unpaired) electrons. The van der Waals surface area contributed by atoms with Gasteiger partial charge in [-0.2, -0.15) is 0 Å². The van der Waals surface area contributed by atoms with Crippen molar-refractivity contribution in [3.63, 3.8) is 0 Å². The first-order valence-electron chi connectivity index (χ1n) is 16.3. The lowest BCUT2D eigenvalue weighted by atomic mass is 9.64. The second-order valence-corrected chi connectivity index (χ2v) is 14.0. The molecule has 1 N–H and O–H groups in total. The molecule has 0 aliphatic rings. The predicted octanol–water partition coefficient (Wildman–Crippen LogP) is 12.3. The van der Waals surface area contributed by atoms with E-state index in [0.717, 1.165) is 6.42 Å². The minimum Gasteiger partial charge on any atom is -0.508 e. The summed E-state index contributed by atoms with van der Waals surface area (Å²) in [4.78, 5) is 0. The first-order chi connectivity index (χ1) is 17.4. The van der Waals surface area contributed by atoms with E-state index in [-0.39, 0.29) is 16.2 Å². The van der Waals surface area contributed by atoms with E-state index < -0.39 is 0 Å². The van der Waals surface area contributed by atoms with Crippen LogP contribution in [0.1, 0.15) is 195 Å². The standard InChI is InChI=1S/C36H66O/c1-10-13-16-19-22-27-34(4,5)30-25-26-31(37)33(36(8,9)29-24-21-18-15-12-3)32(30)35(6,7)28-23-20-17-14-11-2/h25-26,37H,10-24,27-29H2,1-9H3. The fourth-order valence-corrected chi connectivity index (χ4v) is 6.44. The Bertz CT molecular complexity index is 739. The summed E-state index contributed by atoms with van der Waals surface area (Å²) in [5.41, 5.74) is 4.35. The summed E-state index contributed by atoms with van der Waals surface area (Å²) >= 11 is 0. The first-order valence-corrected chi connectivity index (χ1v) is 16.3. The van der Waals surface area contributed by atoms with E-state index >= 15 is 0 Å². The van der Waals surface area contributed by atoms with Crippen LogP contribution in [0, 0.1) is 0 Å². The lowest BCUT2D eigenvalue weighted by Gasteiger charge is -2.41. The van der Waals surface area contributed by atoms with E-state index in [9.17, 15) is 5.11 Å². The van der Waals surface area contributed by atoms with Crippen molar-refractivity contribution in [2.45, 2.75) is 194 Å². The van der Waals surface area contributed by atoms with Gasteiger partial charge in [-0.3, -0.25) is 0 Å². The van der Waals surface area contributed by atoms with Crippen molar-refractivity contribution < 1.29 is 5.11 Å². The van der Waals surface area contributed by atoms with Crippen LogP contribution in [0.4, 0.5) is 0 Å². The highest BCUT2D eigenvalue weighted by Gasteiger charge is 2.38. The Hall–Kier alpha value is -0.980. The molecule has 1 aromatic rings. The number of aromatic hydroxyl groups is 1. The summed E-state index contributed by atoms with van der Waals surface area (Å²) in [6.07, 6.45) is 23.3. The molecule has 0 saturated heterocycles. The van der Waals surface area contributed by atoms with E-state index in [4.69, 9.17) is 0 Å². The molecule has 0 heterocycles. The average Bonchev–Trinajstić information content (AvgIpc) is 2.83. The van der Waals surface area contributed by atoms with Crippen molar-refractivity contribution in [3.05, 3.63) is 28.8 Å². The Morgan fingerprint density at radius 2 is 0.811 bits per heavy atom. The Morgan fingerprint density at radius 1 is 0.459 bits per heavy atom. The van der Waals surface area contributed by atoms with Gasteiger partial charge in [-0.15, -0.1) is 0 Å². The summed E-state index contributed by atoms with van der Waals surface area (Å²) in [6.45, 7) is 21.5. The van der Waals surface area contributed by atoms with Crippen molar-refractivity contribution in [2.24, 2.45) is 0 Å². The molecule has 0 saturated carbocycles. The molecule has 0 aliphatic carbocycles. The van der Waals surface area contributed by atoms with Crippen LogP contribution in [0.15, 0.2) is 12.1 Å². The maximum atomic E-state index is 11.4. The summed E-state index contributed by atoms with van der Waals surface area (Å²) in [5, 5.41) is 11.4. The number of rotatable bonds is 21. The van der Waals surface area contributed by atoms with Gasteiger partial charge in [0.25, 0.3) is 0 Å². The van der Waals surface area contributed by atoms with Crippen molar-refractivity contribution in [3.8, 4) is 5.75 Å². The van der Waals surface area contributed by atoms with Gasteiger partial charge in [-0.25, -0.2) is 0 Å². The van der Waals surface area contributed by atoms with Gasteiger partial charge in [-0.1, -0.05) is 165 Å². The quantitative estimate of drug-likeness (QED) is 0.162. The van der Waals surface area contributed by atoms with Crippen LogP contribution >= 0.6 is 0 Å². The molecule has 1 rings (SSSR count). The molecule has 0 spiro atoms. The van der Waals surface area contributed by atoms with Crippen LogP contribution in [0.25, 0.3) is 0 Å². The third-order valence-electron chi connectivity index (χ3n) is 8.98. The highest BCUT2D eigenvalue weighted by atomic mass is 16.3. The van der Waals surface area contributed by atoms with Crippen LogP contribution in [-0.2, 0) is 16.2 Å². The topological polar surface area (TPSA) is 20.2 Å². The summed E-state index contributed by atoms with van der Waals surface area (Å²) < 4.78 is 0. The Kier molecular flexibility index (Phi) is 15.5. The van der Waals surface area contributed by atoms with Gasteiger partial charge in [-0.05, 0) is 52.7 Å². The molecule has 0 bridgehead atoms. The second-order valence-electron chi connectivity index (χ2n) is 14.0. The lowest BCUT2D eigenvalue weighted by Crippen LogP contribution is -2.32. The van der Waals surface area contributed by atoms with Crippen LogP contribution < -0.4 is 0 Å². The molecule has 1 heteroatoms. The maximum Gasteiger partial charge on any atom is 0.119 e. The van der Waals surface area contributed by atoms with E-state index in [0.29, 0.717) is 5.75 Å². The van der Waals surface area contributed by atoms with Crippen molar-refractivity contribution in [2.75, 3.05) is 0 Å². The molecule has 216 valence electrons. The van der Waals surface area contributed by atoms with E-state index in [1.165, 1.54) is 126 Å². The minimum atomic E-state index is -0.0294. The number of phenolic OH excluding ortho intramolecular Hbond substituents is 1. The number of hydrogen-bond acceptors (Lipinski definition) is 1. The molecule has 0 aromatic heterocycles. The molecule has 0 amide bonds. The van der Waals surface area contributed by atoms with Gasteiger partial charge in [0.15, 0.2) is 0 Å². The van der Waals surface area contributed by atoms with E-state index in [1.807, 2.05) is 6.07 Å². The number of phenols is 1. The highest BCUT2D eigenvalue weighted by molar-refractivity contribution is 5.54. The summed E-state index contributed by atoms with van der Waals surface area (Å²) in [5.74, 6) is 0.523. The highest BCUT2D eigenvalue weighted by Crippen LogP contribution is 2.49. The van der Waals surface area contributed by atoms with Gasteiger partial charge in [0.1, 0.15) is 5.75 Å². The molecule has 37 heavy (non-hydrogen) atoms. The molecule has 0 fully saturated rings. The molecule has 1 aromatic carbocycles. The third-order valence-corrected chi connectivity index (χ3v) is 8.98. The Balaban J connectivity index is 3.38. The Labute approximate surface area is 233 Å². The monoisotopic (exact) mass is 515 g/mol. The third kappa shape index (κ3) is 11.3. The van der Waals surface area contributed by atoms with Gasteiger partial charge in [0, 0.05) is 5.56 Å². The normalized spacial score (nSPS) is 12.9. The zero-order chi connectivity index (χ0) is 28.0. The van der Waals surface area contributed by atoms with Gasteiger partial charge < -0.3 is 5.11 Å². The molecular weight excluding hydrogens is 448 g/mol. The molecule has 0 aliphatic heterocycles. The van der Waals surface area contributed by atoms with Gasteiger partial charge >= 0.3 is 0 Å². The zero-order valence-electron chi connectivity index (χ0n) is 26.8. The van der Waals surface area contributed by atoms with Gasteiger partial charge in [0.2, 0.25) is 0 Å². The lowest BCUT2D eigenvalue weighted by molar-refractivity contribution is 0.366. The van der Waals surface area contributed by atoms with Crippen LogP contribution in [-0.4, -0.2) is 5.11 Å². The number of unbranched alkanes of at least 4 members (excludes halogenated alkanes) is 12. The molecular formula is C36H66O. The van der Waals surface area contributed by atoms with Crippen molar-refractivity contribution in [1.82, 2.24) is 0 Å². The molecule has 0 unspecified atom stereocenters. The van der Waals surface area contributed by atoms with Gasteiger partial charge in [0.05, 0.1) is 0 Å². The Morgan fingerprint density at radius 3 is 1.22 bits per heavy atom. The molecule has 1 nitrogen and oxygen atoms in total. The van der Waals surface area contributed by atoms with Crippen LogP contribution in [0.2, 0.25) is 0 Å². The maximum absolute atomic E-state index is 11.4. The SMILES string of the molecule is CCCCCCCC(C)(C)c1ccc(O)c(C(C)(C)CCCCCCC)c1C(C)(C)CCCCCCC. The molecule has 0 atom stereocenters. The predicted molar refractivity (Wildman–Crippen MR) is 167 cm³/mol. The summed E-state index contributed by atoms with van der Waals surface area (Å²) in [6, 6.07) is 4.32. The summed E-state index contributed by atoms with van der Waals surface area (Å²) in [7, 11) is 0. The van der Waals surface area contributed by atoms with Crippen LogP contribution in [0.5, 0.6) is 5.75 Å². The van der Waals surface area contributed by atoms with Crippen molar-refractivity contribution >= 4 is 0 Å². The zero-order valence-corrected chi connectivity index (χ0v) is 26.8. The number of hydrogen-bond donors (Lipinski definition) is 1. The second kappa shape index (κ2) is 16.9. The number of benzene rings is 1. The fraction of sp³-hybridized carbons (Fsp3) is 0.833. The largest absolute Gasteiger partial charge is 0.508 e. The van der Waals surface area contributed by atoms with Crippen LogP contribution in [0.3, 0.4) is 0 Å². The minimum absolute atomic E-state index is 0.0294. The fourth-order valence-electron chi connectivity index (χ4n) is 6.44. The average molecular weight is 515 g/mol. The van der Waals surface area contributed by atoms with Crippen molar-refractivity contribution in [1.29, 1.82) is 0 Å². The smallest absolute Gasteiger partial charge is 0.119 e.